The molecule has 1 fully saturated rings. The Kier molecular flexibility index (Phi) is 3.60. The van der Waals surface area contributed by atoms with E-state index < -0.39 is 0 Å². The quantitative estimate of drug-likeness (QED) is 0.846. The number of fused-ring (bicyclic) bond motifs is 1. The van der Waals surface area contributed by atoms with Gasteiger partial charge < -0.3 is 15.3 Å². The fraction of sp³-hybridized carbons (Fsp3) is 0.643. The molecule has 0 bridgehead atoms. The second-order valence-corrected chi connectivity index (χ2v) is 6.70. The van der Waals surface area contributed by atoms with E-state index in [0.717, 1.165) is 38.9 Å². The third kappa shape index (κ3) is 2.83. The molecule has 1 aliphatic heterocycles. The second-order valence-electron chi connectivity index (χ2n) is 5.70. The monoisotopic (exact) mass is 280 g/mol. The van der Waals surface area contributed by atoms with E-state index in [9.17, 15) is 9.90 Å². The average molecular weight is 280 g/mol. The number of aliphatic hydroxyl groups is 1. The van der Waals surface area contributed by atoms with Crippen molar-refractivity contribution in [1.29, 1.82) is 0 Å². The number of carbonyl (C=O) groups is 1. The molecule has 19 heavy (non-hydrogen) atoms. The zero-order valence-corrected chi connectivity index (χ0v) is 11.8. The summed E-state index contributed by atoms with van der Waals surface area (Å²) in [6.07, 6.45) is 3.14. The first kappa shape index (κ1) is 13.1. The van der Waals surface area contributed by atoms with E-state index >= 15 is 0 Å². The molecular formula is C14H20N2O2S. The van der Waals surface area contributed by atoms with Crippen LogP contribution < -0.4 is 5.32 Å². The van der Waals surface area contributed by atoms with Crippen LogP contribution in [0.4, 0.5) is 0 Å². The van der Waals surface area contributed by atoms with Gasteiger partial charge in [-0.05, 0) is 36.3 Å². The zero-order chi connectivity index (χ0) is 13.3. The van der Waals surface area contributed by atoms with Crippen LogP contribution in [0.1, 0.15) is 23.3 Å². The van der Waals surface area contributed by atoms with E-state index in [1.165, 1.54) is 10.4 Å². The van der Waals surface area contributed by atoms with Crippen LogP contribution in [0, 0.1) is 5.41 Å². The smallest absolute Gasteiger partial charge is 0.236 e. The van der Waals surface area contributed by atoms with Gasteiger partial charge in [-0.1, -0.05) is 0 Å². The van der Waals surface area contributed by atoms with Crippen molar-refractivity contribution in [2.75, 3.05) is 26.2 Å². The van der Waals surface area contributed by atoms with E-state index in [4.69, 9.17) is 0 Å². The van der Waals surface area contributed by atoms with Gasteiger partial charge in [0.1, 0.15) is 0 Å². The van der Waals surface area contributed by atoms with Crippen molar-refractivity contribution in [3.63, 3.8) is 0 Å². The number of nitrogens with zero attached hydrogens (tertiary/aromatic N) is 1. The predicted octanol–water partition coefficient (Wildman–Crippen LogP) is 0.995. The Morgan fingerprint density at radius 1 is 1.53 bits per heavy atom. The molecule has 5 heteroatoms. The highest BCUT2D eigenvalue weighted by Gasteiger charge is 2.41. The lowest BCUT2D eigenvalue weighted by Gasteiger charge is -2.27. The second kappa shape index (κ2) is 5.23. The lowest BCUT2D eigenvalue weighted by molar-refractivity contribution is -0.131. The first-order valence-corrected chi connectivity index (χ1v) is 7.75. The SMILES string of the molecule is O=C(CNCC1(CO)CC1)N1CCc2sccc2C1. The maximum absolute atomic E-state index is 12.1. The van der Waals surface area contributed by atoms with Gasteiger partial charge in [0.25, 0.3) is 0 Å². The summed E-state index contributed by atoms with van der Waals surface area (Å²) in [6, 6.07) is 2.12. The van der Waals surface area contributed by atoms with Crippen LogP contribution in [0.3, 0.4) is 0 Å². The van der Waals surface area contributed by atoms with E-state index in [1.54, 1.807) is 11.3 Å². The summed E-state index contributed by atoms with van der Waals surface area (Å²) in [4.78, 5) is 15.5. The molecule has 4 nitrogen and oxygen atoms in total. The standard InChI is InChI=1S/C14H20N2O2S/c17-10-14(3-4-14)9-15-7-13(18)16-5-1-12-11(8-16)2-6-19-12/h2,6,15,17H,1,3-5,7-10H2. The van der Waals surface area contributed by atoms with Gasteiger partial charge in [0.15, 0.2) is 0 Å². The summed E-state index contributed by atoms with van der Waals surface area (Å²) in [7, 11) is 0. The first-order valence-electron chi connectivity index (χ1n) is 6.87. The summed E-state index contributed by atoms with van der Waals surface area (Å²) >= 11 is 1.79. The maximum atomic E-state index is 12.1. The van der Waals surface area contributed by atoms with E-state index in [-0.39, 0.29) is 17.9 Å². The minimum Gasteiger partial charge on any atom is -0.396 e. The van der Waals surface area contributed by atoms with Crippen molar-refractivity contribution in [1.82, 2.24) is 10.2 Å². The third-order valence-electron chi connectivity index (χ3n) is 4.23. The summed E-state index contributed by atoms with van der Waals surface area (Å²) in [5.74, 6) is 0.172. The number of nitrogens with one attached hydrogen (secondary N) is 1. The van der Waals surface area contributed by atoms with Gasteiger partial charge in [-0.25, -0.2) is 0 Å². The summed E-state index contributed by atoms with van der Waals surface area (Å²) in [5, 5.41) is 14.5. The Balaban J connectivity index is 1.46. The fourth-order valence-electron chi connectivity index (χ4n) is 2.58. The molecule has 1 aromatic rings. The average Bonchev–Trinajstić information content (AvgIpc) is 3.06. The van der Waals surface area contributed by atoms with Crippen molar-refractivity contribution in [2.45, 2.75) is 25.8 Å². The van der Waals surface area contributed by atoms with Crippen LogP contribution >= 0.6 is 11.3 Å². The first-order chi connectivity index (χ1) is 9.22. The van der Waals surface area contributed by atoms with Crippen molar-refractivity contribution < 1.29 is 9.90 Å². The highest BCUT2D eigenvalue weighted by Crippen LogP contribution is 2.44. The van der Waals surface area contributed by atoms with E-state index in [2.05, 4.69) is 16.8 Å². The molecule has 1 aliphatic carbocycles. The predicted molar refractivity (Wildman–Crippen MR) is 75.1 cm³/mol. The number of carbonyl (C=O) groups excluding carboxylic acids is 1. The molecule has 2 aliphatic rings. The Hall–Kier alpha value is -0.910. The minimum atomic E-state index is 0.0721. The van der Waals surface area contributed by atoms with Gasteiger partial charge in [0.05, 0.1) is 6.54 Å². The molecule has 1 amide bonds. The molecule has 0 radical (unpaired) electrons. The molecule has 0 spiro atoms. The molecule has 0 atom stereocenters. The Morgan fingerprint density at radius 3 is 3.11 bits per heavy atom. The molecule has 0 saturated heterocycles. The zero-order valence-electron chi connectivity index (χ0n) is 11.0. The summed E-state index contributed by atoms with van der Waals surface area (Å²) < 4.78 is 0. The van der Waals surface area contributed by atoms with Gasteiger partial charge in [-0.2, -0.15) is 0 Å². The molecule has 2 heterocycles. The van der Waals surface area contributed by atoms with Crippen molar-refractivity contribution in [3.8, 4) is 0 Å². The van der Waals surface area contributed by atoms with Crippen molar-refractivity contribution in [2.24, 2.45) is 5.41 Å². The molecule has 104 valence electrons. The van der Waals surface area contributed by atoms with E-state index in [1.807, 2.05) is 4.90 Å². The van der Waals surface area contributed by atoms with Crippen LogP contribution in [0.5, 0.6) is 0 Å². The summed E-state index contributed by atoms with van der Waals surface area (Å²) in [6.45, 7) is 2.97. The van der Waals surface area contributed by atoms with Crippen LogP contribution in [0.2, 0.25) is 0 Å². The molecule has 0 aromatic carbocycles. The van der Waals surface area contributed by atoms with Crippen LogP contribution in [-0.2, 0) is 17.8 Å². The van der Waals surface area contributed by atoms with Gasteiger partial charge in [0, 0.05) is 36.5 Å². The van der Waals surface area contributed by atoms with Gasteiger partial charge in [0.2, 0.25) is 5.91 Å². The van der Waals surface area contributed by atoms with Crippen LogP contribution in [-0.4, -0.2) is 42.2 Å². The molecular weight excluding hydrogens is 260 g/mol. The molecule has 1 aromatic heterocycles. The largest absolute Gasteiger partial charge is 0.396 e. The number of amides is 1. The highest BCUT2D eigenvalue weighted by molar-refractivity contribution is 7.10. The van der Waals surface area contributed by atoms with E-state index in [0.29, 0.717) is 6.54 Å². The number of hydrogen-bond acceptors (Lipinski definition) is 4. The molecule has 2 N–H and O–H groups in total. The fourth-order valence-corrected chi connectivity index (χ4v) is 3.46. The number of hydrogen-bond donors (Lipinski definition) is 2. The highest BCUT2D eigenvalue weighted by atomic mass is 32.1. The molecule has 1 saturated carbocycles. The van der Waals surface area contributed by atoms with Crippen molar-refractivity contribution >= 4 is 17.2 Å². The number of rotatable bonds is 5. The summed E-state index contributed by atoms with van der Waals surface area (Å²) in [5.41, 5.74) is 1.38. The topological polar surface area (TPSA) is 52.6 Å². The van der Waals surface area contributed by atoms with Gasteiger partial charge in [-0.3, -0.25) is 4.79 Å². The van der Waals surface area contributed by atoms with Gasteiger partial charge >= 0.3 is 0 Å². The Morgan fingerprint density at radius 2 is 2.37 bits per heavy atom. The molecule has 0 unspecified atom stereocenters. The Labute approximate surface area is 117 Å². The van der Waals surface area contributed by atoms with Crippen LogP contribution in [0.25, 0.3) is 0 Å². The number of thiophene rings is 1. The van der Waals surface area contributed by atoms with Crippen LogP contribution in [0.15, 0.2) is 11.4 Å². The lowest BCUT2D eigenvalue weighted by atomic mass is 10.1. The third-order valence-corrected chi connectivity index (χ3v) is 5.25. The van der Waals surface area contributed by atoms with Gasteiger partial charge in [-0.15, -0.1) is 11.3 Å². The maximum Gasteiger partial charge on any atom is 0.236 e. The normalized spacial score (nSPS) is 20.2. The Bertz CT molecular complexity index is 468. The minimum absolute atomic E-state index is 0.0721. The van der Waals surface area contributed by atoms with Crippen molar-refractivity contribution in [3.05, 3.63) is 21.9 Å². The number of aliphatic hydroxyl groups excluding tert-OH is 1. The lowest BCUT2D eigenvalue weighted by Crippen LogP contribution is -2.42. The molecule has 3 rings (SSSR count).